The van der Waals surface area contributed by atoms with Crippen molar-refractivity contribution >= 4 is 112 Å². The lowest BCUT2D eigenvalue weighted by Gasteiger charge is -2.10. The Morgan fingerprint density at radius 1 is 0.537 bits per heavy atom. The van der Waals surface area contributed by atoms with Gasteiger partial charge in [0.25, 0.3) is 20.2 Å². The molecule has 0 saturated heterocycles. The van der Waals surface area contributed by atoms with Crippen LogP contribution in [0.25, 0.3) is 0 Å². The monoisotopic (exact) mass is 1060 g/mol. The number of nitrogen functional groups attached to an aromatic ring is 1. The first-order valence-electron chi connectivity index (χ1n) is 17.3. The molecule has 5 rings (SSSR count). The van der Waals surface area contributed by atoms with Crippen LogP contribution in [0.1, 0.15) is 0 Å². The van der Waals surface area contributed by atoms with Crippen LogP contribution < -0.4 is 16.4 Å². The van der Waals surface area contributed by atoms with Crippen LogP contribution >= 0.6 is 0 Å². The van der Waals surface area contributed by atoms with Gasteiger partial charge in [-0.2, -0.15) is 53.0 Å². The summed E-state index contributed by atoms with van der Waals surface area (Å²) in [6, 6.07) is 11.4. The number of nitrogens with one attached hydrogen (secondary N) is 2. The minimum Gasteiger partial charge on any atom is -0.506 e. The van der Waals surface area contributed by atoms with Gasteiger partial charge in [-0.3, -0.25) is 18.2 Å². The molecule has 0 unspecified atom stereocenters. The molecule has 1 heterocycles. The van der Waals surface area contributed by atoms with E-state index < -0.39 is 141 Å². The fraction of sp³-hybridized carbons (Fsp3) is 0.129. The molecule has 0 radical (unpaired) electrons. The third-order valence-electron chi connectivity index (χ3n) is 7.96. The second kappa shape index (κ2) is 19.9. The number of benzene rings is 4. The first-order chi connectivity index (χ1) is 30.9. The molecule has 0 saturated carbocycles. The van der Waals surface area contributed by atoms with Crippen LogP contribution in [0.3, 0.4) is 0 Å². The van der Waals surface area contributed by atoms with E-state index in [1.807, 2.05) is 0 Å². The second-order valence-corrected chi connectivity index (χ2v) is 21.9. The summed E-state index contributed by atoms with van der Waals surface area (Å²) in [4.78, 5) is 8.01. The van der Waals surface area contributed by atoms with E-state index >= 15 is 0 Å². The Bertz CT molecular complexity index is 3490. The Balaban J connectivity index is 1.39. The molecule has 0 amide bonds. The maximum atomic E-state index is 14.5. The van der Waals surface area contributed by atoms with Crippen molar-refractivity contribution in [3.63, 3.8) is 0 Å². The molecule has 0 bridgehead atoms. The summed E-state index contributed by atoms with van der Waals surface area (Å²) in [7, 11) is -28.7. The predicted molar refractivity (Wildman–Crippen MR) is 225 cm³/mol. The van der Waals surface area contributed by atoms with E-state index in [4.69, 9.17) is 14.8 Å². The van der Waals surface area contributed by atoms with Crippen LogP contribution in [-0.2, 0) is 69.1 Å². The number of aromatic hydroxyl groups is 1. The smallest absolute Gasteiger partial charge is 0.397 e. The van der Waals surface area contributed by atoms with E-state index in [1.165, 1.54) is 12.1 Å². The predicted octanol–water partition coefficient (Wildman–Crippen LogP) is 3.30. The molecule has 29 nitrogen and oxygen atoms in total. The van der Waals surface area contributed by atoms with Gasteiger partial charge in [0.2, 0.25) is 11.9 Å². The number of nitrogens with zero attached hydrogens (tertiary/aromatic N) is 7. The number of hydrogen-bond acceptors (Lipinski definition) is 25. The fourth-order valence-electron chi connectivity index (χ4n) is 5.03. The quantitative estimate of drug-likeness (QED) is 0.0315. The highest BCUT2D eigenvalue weighted by Gasteiger charge is 2.24. The second-order valence-electron chi connectivity index (χ2n) is 12.7. The minimum atomic E-state index is -5.24. The number of hydrogen-bond donors (Lipinski definition) is 8. The van der Waals surface area contributed by atoms with Crippen molar-refractivity contribution < 1.29 is 86.6 Å². The fourth-order valence-corrected chi connectivity index (χ4v) is 9.36. The van der Waals surface area contributed by atoms with Gasteiger partial charge in [0.05, 0.1) is 40.2 Å². The van der Waals surface area contributed by atoms with Crippen molar-refractivity contribution in [3.8, 4) is 5.75 Å². The zero-order chi connectivity index (χ0) is 49.8. The summed E-state index contributed by atoms with van der Waals surface area (Å²) in [5.74, 6) is -3.51. The molecular weight excluding hydrogens is 1030 g/mol. The zero-order valence-electron chi connectivity index (χ0n) is 32.7. The Hall–Kier alpha value is -6.32. The molecule has 1 aromatic heterocycles. The zero-order valence-corrected chi connectivity index (χ0v) is 37.6. The Morgan fingerprint density at radius 2 is 1.01 bits per heavy atom. The van der Waals surface area contributed by atoms with E-state index in [-0.39, 0.29) is 27.6 Å². The van der Waals surface area contributed by atoms with Crippen molar-refractivity contribution in [2.45, 2.75) is 19.6 Å². The highest BCUT2D eigenvalue weighted by atomic mass is 32.3. The maximum absolute atomic E-state index is 14.5. The van der Waals surface area contributed by atoms with Crippen molar-refractivity contribution in [3.05, 3.63) is 78.9 Å². The highest BCUT2D eigenvalue weighted by Crippen LogP contribution is 2.39. The lowest BCUT2D eigenvalue weighted by Crippen LogP contribution is -2.16. The Labute approximate surface area is 377 Å². The maximum Gasteiger partial charge on any atom is 0.397 e. The summed E-state index contributed by atoms with van der Waals surface area (Å²) in [5.41, 5.74) is 3.49. The molecule has 4 aromatic carbocycles. The number of sulfone groups is 2. The van der Waals surface area contributed by atoms with Crippen LogP contribution in [0, 0.1) is 6.08 Å². The SMILES string of the molecule is Nc1cc(O)c(/N=N/c2ccc(S(=O)(=O)CCOS(=O)(=O)O)cc2S(=O)(=O)O)cc1/N=N/c1cc(Nc2nc(F)nc(Nc3ccc(S(=O)(=O)CCOS(=O)(=O)O)cc3)n2)ccc1S(=O)(=O)O. The Morgan fingerprint density at radius 3 is 1.57 bits per heavy atom. The van der Waals surface area contributed by atoms with E-state index in [9.17, 15) is 69.1 Å². The first-order valence-corrected chi connectivity index (χ1v) is 26.2. The van der Waals surface area contributed by atoms with Crippen molar-refractivity contribution in [2.75, 3.05) is 41.1 Å². The molecule has 5 aromatic rings. The molecule has 9 N–H and O–H groups in total. The molecule has 0 aliphatic heterocycles. The van der Waals surface area contributed by atoms with Crippen LogP contribution in [0.5, 0.6) is 5.75 Å². The summed E-state index contributed by atoms with van der Waals surface area (Å²) in [6.45, 7) is -1.93. The molecule has 0 aliphatic rings. The van der Waals surface area contributed by atoms with Crippen LogP contribution in [-0.4, -0.2) is 113 Å². The van der Waals surface area contributed by atoms with Gasteiger partial charge in [-0.25, -0.2) is 25.2 Å². The van der Waals surface area contributed by atoms with Crippen LogP contribution in [0.2, 0.25) is 0 Å². The molecule has 0 aliphatic carbocycles. The third-order valence-corrected chi connectivity index (χ3v) is 14.0. The van der Waals surface area contributed by atoms with Crippen molar-refractivity contribution in [2.24, 2.45) is 20.5 Å². The van der Waals surface area contributed by atoms with Crippen LogP contribution in [0.4, 0.5) is 56.1 Å². The number of azo groups is 2. The molecule has 36 heteroatoms. The number of rotatable bonds is 20. The van der Waals surface area contributed by atoms with E-state index in [0.717, 1.165) is 54.6 Å². The highest BCUT2D eigenvalue weighted by molar-refractivity contribution is 7.92. The van der Waals surface area contributed by atoms with Crippen molar-refractivity contribution in [1.29, 1.82) is 0 Å². The number of anilines is 5. The number of aromatic nitrogens is 3. The average molecular weight is 1060 g/mol. The number of nitrogens with two attached hydrogens (primary N) is 1. The molecular formula is C31H29FN10O19S6. The lowest BCUT2D eigenvalue weighted by atomic mass is 10.2. The van der Waals surface area contributed by atoms with Gasteiger partial charge in [0.1, 0.15) is 38.3 Å². The number of phenols is 1. The molecule has 67 heavy (non-hydrogen) atoms. The van der Waals surface area contributed by atoms with Gasteiger partial charge in [-0.05, 0) is 66.7 Å². The average Bonchev–Trinajstić information content (AvgIpc) is 3.18. The molecule has 360 valence electrons. The van der Waals surface area contributed by atoms with Gasteiger partial charge in [-0.15, -0.1) is 20.5 Å². The topological polar surface area (TPSA) is 463 Å². The van der Waals surface area contributed by atoms with Gasteiger partial charge >= 0.3 is 26.9 Å². The molecule has 0 atom stereocenters. The first kappa shape index (κ1) is 51.7. The molecule has 0 fully saturated rings. The van der Waals surface area contributed by atoms with Gasteiger partial charge in [0, 0.05) is 17.4 Å². The van der Waals surface area contributed by atoms with Gasteiger partial charge < -0.3 is 21.5 Å². The summed E-state index contributed by atoms with van der Waals surface area (Å²) in [5, 5.41) is 30.6. The largest absolute Gasteiger partial charge is 0.506 e. The van der Waals surface area contributed by atoms with E-state index in [0.29, 0.717) is 6.07 Å². The number of phenolic OH excluding ortho intramolecular Hbond substituents is 1. The number of halogens is 1. The third kappa shape index (κ3) is 14.8. The van der Waals surface area contributed by atoms with E-state index in [1.54, 1.807) is 0 Å². The lowest BCUT2D eigenvalue weighted by molar-refractivity contribution is 0.282. The van der Waals surface area contributed by atoms with E-state index in [2.05, 4.69) is 54.4 Å². The van der Waals surface area contributed by atoms with Gasteiger partial charge in [-0.1, -0.05) is 0 Å². The van der Waals surface area contributed by atoms with Crippen molar-refractivity contribution in [1.82, 2.24) is 15.0 Å². The molecule has 0 spiro atoms. The standard InChI is InChI=1S/C31H29FN10O19S6/c32-29-36-30(34-17-1-4-19(5-2-17)62(44,45)11-9-60-66(54,55)56)38-31(37-29)35-18-3-8-27(64(48,49)50)25(13-18)42-40-23-16-24(26(43)15-21(23)33)41-39-22-7-6-20(14-28(22)65(51,52)53)63(46,47)12-10-61-67(57,58)59/h1-8,13-16,43H,9-12,33H2,(H,48,49,50)(H,51,52,53)(H,54,55,56)(H,57,58,59)(H2,34,35,36,37,38)/b41-39+,42-40+. The van der Waals surface area contributed by atoms with Gasteiger partial charge in [0.15, 0.2) is 19.7 Å². The Kier molecular flexibility index (Phi) is 15.3. The van der Waals surface area contributed by atoms with Crippen LogP contribution in [0.15, 0.2) is 113 Å². The summed E-state index contributed by atoms with van der Waals surface area (Å²) < 4.78 is 202. The minimum absolute atomic E-state index is 0.0986. The summed E-state index contributed by atoms with van der Waals surface area (Å²) in [6.07, 6.45) is -1.34. The summed E-state index contributed by atoms with van der Waals surface area (Å²) >= 11 is 0. The normalized spacial score (nSPS) is 13.0.